The number of amides is 1. The fourth-order valence-electron chi connectivity index (χ4n) is 2.67. The Labute approximate surface area is 153 Å². The minimum atomic E-state index is -3.20. The van der Waals surface area contributed by atoms with E-state index < -0.39 is 15.9 Å². The van der Waals surface area contributed by atoms with Crippen molar-refractivity contribution in [2.75, 3.05) is 18.9 Å². The Bertz CT molecular complexity index is 851. The second-order valence-corrected chi connectivity index (χ2v) is 8.27. The maximum Gasteiger partial charge on any atom is 0.264 e. The van der Waals surface area contributed by atoms with Gasteiger partial charge in [0.1, 0.15) is 6.61 Å². The molecule has 2 aromatic rings. The third-order valence-corrected chi connectivity index (χ3v) is 5.65. The van der Waals surface area contributed by atoms with Crippen molar-refractivity contribution in [3.05, 3.63) is 60.2 Å². The number of nitrogens with one attached hydrogen (secondary N) is 1. The Morgan fingerprint density at radius 2 is 1.73 bits per heavy atom. The lowest BCUT2D eigenvalue weighted by Crippen LogP contribution is -2.44. The third kappa shape index (κ3) is 4.98. The smallest absolute Gasteiger partial charge is 0.264 e. The van der Waals surface area contributed by atoms with Crippen molar-refractivity contribution in [2.24, 2.45) is 0 Å². The van der Waals surface area contributed by atoms with Crippen LogP contribution in [0.5, 0.6) is 11.5 Å². The number of sulfone groups is 1. The van der Waals surface area contributed by atoms with E-state index in [4.69, 9.17) is 9.47 Å². The molecule has 7 heteroatoms. The van der Waals surface area contributed by atoms with Crippen LogP contribution in [-0.2, 0) is 20.4 Å². The normalized spacial score (nSPS) is 16.1. The Kier molecular flexibility index (Phi) is 5.78. The molecule has 2 aromatic carbocycles. The van der Waals surface area contributed by atoms with Crippen LogP contribution in [0, 0.1) is 0 Å². The van der Waals surface area contributed by atoms with Gasteiger partial charge in [-0.2, -0.15) is 0 Å². The van der Waals surface area contributed by atoms with Crippen LogP contribution in [0.2, 0.25) is 0 Å². The van der Waals surface area contributed by atoms with Crippen molar-refractivity contribution in [3.63, 3.8) is 0 Å². The van der Waals surface area contributed by atoms with Crippen LogP contribution < -0.4 is 14.8 Å². The molecule has 138 valence electrons. The van der Waals surface area contributed by atoms with E-state index in [0.29, 0.717) is 17.9 Å². The second-order valence-electron chi connectivity index (χ2n) is 6.09. The summed E-state index contributed by atoms with van der Waals surface area (Å²) in [5.41, 5.74) is 0.767. The standard InChI is InChI=1S/C19H21NO5S/c21-19(18-13-24-16-9-4-5-10-17(16)25-18)20-11-6-12-26(22,23)14-15-7-2-1-3-8-15/h1-5,7-10,18H,6,11-14H2,(H,20,21)/t18-/m0/s1. The fourth-order valence-corrected chi connectivity index (χ4v) is 4.10. The lowest BCUT2D eigenvalue weighted by molar-refractivity contribution is -0.130. The van der Waals surface area contributed by atoms with Gasteiger partial charge >= 0.3 is 0 Å². The maximum atomic E-state index is 12.2. The first-order chi connectivity index (χ1) is 12.5. The van der Waals surface area contributed by atoms with E-state index in [1.165, 1.54) is 0 Å². The molecular weight excluding hydrogens is 354 g/mol. The molecule has 0 aliphatic carbocycles. The van der Waals surface area contributed by atoms with Crippen molar-refractivity contribution in [1.29, 1.82) is 0 Å². The van der Waals surface area contributed by atoms with Crippen molar-refractivity contribution in [2.45, 2.75) is 18.3 Å². The monoisotopic (exact) mass is 375 g/mol. The Morgan fingerprint density at radius 1 is 1.04 bits per heavy atom. The first-order valence-electron chi connectivity index (χ1n) is 8.44. The molecule has 1 atom stereocenters. The zero-order valence-electron chi connectivity index (χ0n) is 14.3. The number of para-hydroxylation sites is 2. The average Bonchev–Trinajstić information content (AvgIpc) is 2.65. The summed E-state index contributed by atoms with van der Waals surface area (Å²) < 4.78 is 35.4. The van der Waals surface area contributed by atoms with Crippen LogP contribution in [0.3, 0.4) is 0 Å². The summed E-state index contributed by atoms with van der Waals surface area (Å²) in [5, 5.41) is 2.71. The van der Waals surface area contributed by atoms with Gasteiger partial charge in [0.2, 0.25) is 6.10 Å². The highest BCUT2D eigenvalue weighted by Gasteiger charge is 2.26. The van der Waals surface area contributed by atoms with Gasteiger partial charge < -0.3 is 14.8 Å². The largest absolute Gasteiger partial charge is 0.485 e. The second kappa shape index (κ2) is 8.23. The molecule has 1 N–H and O–H groups in total. The van der Waals surface area contributed by atoms with E-state index in [-0.39, 0.29) is 30.6 Å². The SMILES string of the molecule is O=C(NCCCS(=O)(=O)Cc1ccccc1)[C@@H]1COc2ccccc2O1. The van der Waals surface area contributed by atoms with Crippen LogP contribution >= 0.6 is 0 Å². The van der Waals surface area contributed by atoms with Crippen LogP contribution in [-0.4, -0.2) is 39.3 Å². The molecule has 0 radical (unpaired) electrons. The third-order valence-electron chi connectivity index (χ3n) is 3.96. The molecule has 1 aliphatic heterocycles. The molecule has 0 fully saturated rings. The van der Waals surface area contributed by atoms with Gasteiger partial charge in [-0.3, -0.25) is 4.79 Å². The minimum Gasteiger partial charge on any atom is -0.485 e. The van der Waals surface area contributed by atoms with Gasteiger partial charge in [0.25, 0.3) is 5.91 Å². The number of rotatable bonds is 7. The van der Waals surface area contributed by atoms with E-state index in [0.717, 1.165) is 5.56 Å². The molecule has 1 aliphatic rings. The topological polar surface area (TPSA) is 81.7 Å². The number of hydrogen-bond donors (Lipinski definition) is 1. The van der Waals surface area contributed by atoms with Gasteiger partial charge in [0.15, 0.2) is 21.3 Å². The first kappa shape index (κ1) is 18.3. The number of hydrogen-bond acceptors (Lipinski definition) is 5. The molecule has 1 amide bonds. The van der Waals surface area contributed by atoms with Crippen molar-refractivity contribution in [3.8, 4) is 11.5 Å². The summed E-state index contributed by atoms with van der Waals surface area (Å²) in [6.45, 7) is 0.406. The summed E-state index contributed by atoms with van der Waals surface area (Å²) in [4.78, 5) is 12.2. The van der Waals surface area contributed by atoms with Crippen molar-refractivity contribution < 1.29 is 22.7 Å². The van der Waals surface area contributed by atoms with Crippen LogP contribution in [0.1, 0.15) is 12.0 Å². The molecule has 3 rings (SSSR count). The molecule has 6 nitrogen and oxygen atoms in total. The maximum absolute atomic E-state index is 12.2. The number of ether oxygens (including phenoxy) is 2. The zero-order valence-corrected chi connectivity index (χ0v) is 15.1. The molecule has 26 heavy (non-hydrogen) atoms. The average molecular weight is 375 g/mol. The highest BCUT2D eigenvalue weighted by atomic mass is 32.2. The Morgan fingerprint density at radius 3 is 2.50 bits per heavy atom. The summed E-state index contributed by atoms with van der Waals surface area (Å²) in [7, 11) is -3.20. The van der Waals surface area contributed by atoms with Gasteiger partial charge in [-0.25, -0.2) is 8.42 Å². The summed E-state index contributed by atoms with van der Waals surface area (Å²) in [6, 6.07) is 16.2. The van der Waals surface area contributed by atoms with E-state index in [9.17, 15) is 13.2 Å². The lowest BCUT2D eigenvalue weighted by Gasteiger charge is -2.25. The lowest BCUT2D eigenvalue weighted by atomic mass is 10.2. The summed E-state index contributed by atoms with van der Waals surface area (Å²) in [6.07, 6.45) is -0.378. The molecule has 0 bridgehead atoms. The van der Waals surface area contributed by atoms with Gasteiger partial charge in [0.05, 0.1) is 11.5 Å². The summed E-state index contributed by atoms with van der Waals surface area (Å²) >= 11 is 0. The predicted octanol–water partition coefficient (Wildman–Crippen LogP) is 1.95. The van der Waals surface area contributed by atoms with E-state index in [1.807, 2.05) is 24.3 Å². The summed E-state index contributed by atoms with van der Waals surface area (Å²) in [5.74, 6) is 0.874. The first-order valence-corrected chi connectivity index (χ1v) is 10.3. The number of carbonyl (C=O) groups excluding carboxylic acids is 1. The molecule has 0 aromatic heterocycles. The van der Waals surface area contributed by atoms with Gasteiger partial charge in [-0.05, 0) is 24.1 Å². The molecule has 0 spiro atoms. The van der Waals surface area contributed by atoms with Crippen LogP contribution in [0.15, 0.2) is 54.6 Å². The molecular formula is C19H21NO5S. The predicted molar refractivity (Wildman–Crippen MR) is 97.9 cm³/mol. The van der Waals surface area contributed by atoms with Crippen LogP contribution in [0.25, 0.3) is 0 Å². The molecule has 0 saturated heterocycles. The van der Waals surface area contributed by atoms with Gasteiger partial charge in [-0.15, -0.1) is 0 Å². The van der Waals surface area contributed by atoms with E-state index >= 15 is 0 Å². The molecule has 0 unspecified atom stereocenters. The van der Waals surface area contributed by atoms with Crippen molar-refractivity contribution in [1.82, 2.24) is 5.32 Å². The quantitative estimate of drug-likeness (QED) is 0.748. The van der Waals surface area contributed by atoms with Gasteiger partial charge in [-0.1, -0.05) is 42.5 Å². The number of carbonyl (C=O) groups is 1. The van der Waals surface area contributed by atoms with Gasteiger partial charge in [0, 0.05) is 6.54 Å². The minimum absolute atomic E-state index is 0.0121. The number of benzene rings is 2. The fraction of sp³-hybridized carbons (Fsp3) is 0.316. The van der Waals surface area contributed by atoms with Crippen molar-refractivity contribution >= 4 is 15.7 Å². The zero-order chi connectivity index (χ0) is 18.4. The Balaban J connectivity index is 1.42. The Hall–Kier alpha value is -2.54. The number of fused-ring (bicyclic) bond motifs is 1. The van der Waals surface area contributed by atoms with E-state index in [2.05, 4.69) is 5.32 Å². The molecule has 1 heterocycles. The molecule has 0 saturated carbocycles. The van der Waals surface area contributed by atoms with E-state index in [1.54, 1.807) is 30.3 Å². The highest BCUT2D eigenvalue weighted by molar-refractivity contribution is 7.90. The highest BCUT2D eigenvalue weighted by Crippen LogP contribution is 2.30. The van der Waals surface area contributed by atoms with Crippen LogP contribution in [0.4, 0.5) is 0 Å².